The number of carbonyl (C=O) groups excluding carboxylic acids is 2. The molecule has 0 saturated carbocycles. The van der Waals surface area contributed by atoms with E-state index in [-0.39, 0.29) is 35.2 Å². The molecule has 0 aliphatic carbocycles. The summed E-state index contributed by atoms with van der Waals surface area (Å²) in [6.07, 6.45) is 1.92. The van der Waals surface area contributed by atoms with Crippen LogP contribution in [0.5, 0.6) is 11.5 Å². The molecule has 4 aromatic carbocycles. The Morgan fingerprint density at radius 2 is 1.54 bits per heavy atom. The summed E-state index contributed by atoms with van der Waals surface area (Å²) in [6, 6.07) is 27.4. The van der Waals surface area contributed by atoms with Gasteiger partial charge in [0.25, 0.3) is 10.0 Å². The Morgan fingerprint density at radius 3 is 2.19 bits per heavy atom. The average Bonchev–Trinajstić information content (AvgIpc) is 3.09. The number of methoxy groups -OCH3 is 2. The first-order valence-electron chi connectivity index (χ1n) is 16.1. The molecule has 9 nitrogen and oxygen atoms in total. The highest BCUT2D eigenvalue weighted by molar-refractivity contribution is 7.92. The Bertz CT molecular complexity index is 1780. The molecule has 0 unspecified atom stereocenters. The van der Waals surface area contributed by atoms with Crippen LogP contribution in [0.25, 0.3) is 0 Å². The first-order chi connectivity index (χ1) is 23.1. The summed E-state index contributed by atoms with van der Waals surface area (Å²) in [4.78, 5) is 30.2. The van der Waals surface area contributed by atoms with Crippen LogP contribution in [-0.4, -0.2) is 58.5 Å². The number of benzene rings is 4. The third-order valence-electron chi connectivity index (χ3n) is 8.25. The maximum Gasteiger partial charge on any atom is 0.264 e. The van der Waals surface area contributed by atoms with Crippen LogP contribution in [0.3, 0.4) is 0 Å². The SMILES string of the molecule is CCCCNC(=O)[C@@H](Cc1ccccc1)N(Cc1ccccc1C)C(=O)CN(c1cc(OC)ccc1OC)S(=O)(=O)c1ccc(C)cc1. The molecular weight excluding hydrogens is 627 g/mol. The maximum atomic E-state index is 14.8. The predicted octanol–water partition coefficient (Wildman–Crippen LogP) is 6.07. The second kappa shape index (κ2) is 16.8. The minimum Gasteiger partial charge on any atom is -0.497 e. The molecule has 0 aliphatic rings. The normalized spacial score (nSPS) is 11.8. The van der Waals surface area contributed by atoms with E-state index in [0.717, 1.165) is 39.4 Å². The van der Waals surface area contributed by atoms with Gasteiger partial charge in [0.15, 0.2) is 0 Å². The fourth-order valence-electron chi connectivity index (χ4n) is 5.37. The number of rotatable bonds is 16. The van der Waals surface area contributed by atoms with Crippen LogP contribution in [0, 0.1) is 13.8 Å². The van der Waals surface area contributed by atoms with E-state index in [4.69, 9.17) is 9.47 Å². The molecule has 0 aliphatic heterocycles. The Morgan fingerprint density at radius 1 is 0.854 bits per heavy atom. The number of aryl methyl sites for hydroxylation is 2. The number of ether oxygens (including phenoxy) is 2. The van der Waals surface area contributed by atoms with E-state index in [1.165, 1.54) is 37.3 Å². The Hall–Kier alpha value is -4.83. The van der Waals surface area contributed by atoms with Crippen molar-refractivity contribution in [2.24, 2.45) is 0 Å². The number of unbranched alkanes of at least 4 members (excludes halogenated alkanes) is 1. The lowest BCUT2D eigenvalue weighted by atomic mass is 10.0. The van der Waals surface area contributed by atoms with Crippen molar-refractivity contribution in [2.45, 2.75) is 57.5 Å². The molecule has 0 aromatic heterocycles. The molecule has 0 saturated heterocycles. The van der Waals surface area contributed by atoms with Gasteiger partial charge in [0.2, 0.25) is 11.8 Å². The van der Waals surface area contributed by atoms with Crippen LogP contribution in [0.15, 0.2) is 102 Å². The van der Waals surface area contributed by atoms with Crippen LogP contribution in [0.1, 0.15) is 42.0 Å². The fraction of sp³-hybridized carbons (Fsp3) is 0.316. The van der Waals surface area contributed by atoms with Crippen LogP contribution >= 0.6 is 0 Å². The van der Waals surface area contributed by atoms with Crippen molar-refractivity contribution in [3.05, 3.63) is 119 Å². The third-order valence-corrected chi connectivity index (χ3v) is 10.0. The molecule has 48 heavy (non-hydrogen) atoms. The molecule has 1 N–H and O–H groups in total. The molecule has 0 spiro atoms. The Labute approximate surface area is 284 Å². The van der Waals surface area contributed by atoms with Gasteiger partial charge in [-0.3, -0.25) is 13.9 Å². The highest BCUT2D eigenvalue weighted by atomic mass is 32.2. The summed E-state index contributed by atoms with van der Waals surface area (Å²) in [5, 5.41) is 3.02. The van der Waals surface area contributed by atoms with Gasteiger partial charge >= 0.3 is 0 Å². The summed E-state index contributed by atoms with van der Waals surface area (Å²) in [5.41, 5.74) is 3.68. The lowest BCUT2D eigenvalue weighted by Gasteiger charge is -2.34. The van der Waals surface area contributed by atoms with Gasteiger partial charge in [0.05, 0.1) is 24.8 Å². The summed E-state index contributed by atoms with van der Waals surface area (Å²) >= 11 is 0. The van der Waals surface area contributed by atoms with E-state index < -0.39 is 28.5 Å². The molecule has 0 heterocycles. The van der Waals surface area contributed by atoms with Gasteiger partial charge in [0.1, 0.15) is 24.1 Å². The van der Waals surface area contributed by atoms with Crippen LogP contribution in [0.2, 0.25) is 0 Å². The van der Waals surface area contributed by atoms with Crippen molar-refractivity contribution in [3.63, 3.8) is 0 Å². The number of carbonyl (C=O) groups is 2. The largest absolute Gasteiger partial charge is 0.497 e. The van der Waals surface area contributed by atoms with E-state index in [1.54, 1.807) is 24.3 Å². The van der Waals surface area contributed by atoms with Gasteiger partial charge < -0.3 is 19.7 Å². The van der Waals surface area contributed by atoms with Crippen molar-refractivity contribution in [1.29, 1.82) is 0 Å². The first-order valence-corrected chi connectivity index (χ1v) is 17.5. The molecule has 2 amide bonds. The quantitative estimate of drug-likeness (QED) is 0.145. The van der Waals surface area contributed by atoms with Gasteiger partial charge in [0, 0.05) is 25.6 Å². The monoisotopic (exact) mass is 671 g/mol. The van der Waals surface area contributed by atoms with Crippen molar-refractivity contribution >= 4 is 27.5 Å². The first kappa shape index (κ1) is 36.0. The van der Waals surface area contributed by atoms with Gasteiger partial charge in [-0.15, -0.1) is 0 Å². The molecular formula is C38H45N3O6S. The van der Waals surface area contributed by atoms with Crippen molar-refractivity contribution < 1.29 is 27.5 Å². The summed E-state index contributed by atoms with van der Waals surface area (Å²) in [7, 11) is -1.40. The molecule has 0 radical (unpaired) electrons. The highest BCUT2D eigenvalue weighted by Crippen LogP contribution is 2.36. The smallest absolute Gasteiger partial charge is 0.264 e. The van der Waals surface area contributed by atoms with E-state index in [9.17, 15) is 18.0 Å². The number of nitrogens with zero attached hydrogens (tertiary/aromatic N) is 2. The van der Waals surface area contributed by atoms with Crippen molar-refractivity contribution in [3.8, 4) is 11.5 Å². The fourth-order valence-corrected chi connectivity index (χ4v) is 6.79. The molecule has 4 rings (SSSR count). The number of amides is 2. The van der Waals surface area contributed by atoms with Crippen LogP contribution < -0.4 is 19.1 Å². The van der Waals surface area contributed by atoms with Gasteiger partial charge in [-0.1, -0.05) is 85.6 Å². The van der Waals surface area contributed by atoms with E-state index >= 15 is 0 Å². The lowest BCUT2D eigenvalue weighted by Crippen LogP contribution is -2.53. The Balaban J connectivity index is 1.86. The minimum absolute atomic E-state index is 0.00868. The van der Waals surface area contributed by atoms with Crippen molar-refractivity contribution in [1.82, 2.24) is 10.2 Å². The predicted molar refractivity (Wildman–Crippen MR) is 189 cm³/mol. The van der Waals surface area contributed by atoms with Gasteiger partial charge in [-0.25, -0.2) is 8.42 Å². The third kappa shape index (κ3) is 8.95. The maximum absolute atomic E-state index is 14.8. The molecule has 4 aromatic rings. The number of anilines is 1. The number of hydrogen-bond donors (Lipinski definition) is 1. The topological polar surface area (TPSA) is 105 Å². The Kier molecular flexibility index (Phi) is 12.6. The van der Waals surface area contributed by atoms with Crippen LogP contribution in [-0.2, 0) is 32.6 Å². The molecule has 1 atom stereocenters. The van der Waals surface area contributed by atoms with Crippen LogP contribution in [0.4, 0.5) is 5.69 Å². The average molecular weight is 672 g/mol. The summed E-state index contributed by atoms with van der Waals surface area (Å²) < 4.78 is 40.9. The summed E-state index contributed by atoms with van der Waals surface area (Å²) in [6.45, 7) is 5.81. The van der Waals surface area contributed by atoms with Gasteiger partial charge in [-0.2, -0.15) is 0 Å². The van der Waals surface area contributed by atoms with E-state index in [0.29, 0.717) is 12.3 Å². The zero-order valence-corrected chi connectivity index (χ0v) is 29.1. The standard InChI is InChI=1S/C38H45N3O6S/c1-6-7-23-39-38(43)35(24-30-14-9-8-10-15-30)40(26-31-16-12-11-13-29(31)3)37(42)27-41(34-25-32(46-4)19-22-36(34)47-5)48(44,45)33-20-17-28(2)18-21-33/h8-22,25,35H,6-7,23-24,26-27H2,1-5H3,(H,39,43)/t35-/m1/s1. The second-order valence-corrected chi connectivity index (χ2v) is 13.5. The molecule has 254 valence electrons. The summed E-state index contributed by atoms with van der Waals surface area (Å²) in [5.74, 6) is -0.231. The van der Waals surface area contributed by atoms with E-state index in [2.05, 4.69) is 5.32 Å². The zero-order chi connectivity index (χ0) is 34.7. The zero-order valence-electron chi connectivity index (χ0n) is 28.3. The number of nitrogens with one attached hydrogen (secondary N) is 1. The van der Waals surface area contributed by atoms with Crippen molar-refractivity contribution in [2.75, 3.05) is 31.6 Å². The molecule has 0 fully saturated rings. The molecule has 0 bridgehead atoms. The molecule has 10 heteroatoms. The lowest BCUT2D eigenvalue weighted by molar-refractivity contribution is -0.140. The van der Waals surface area contributed by atoms with Gasteiger partial charge in [-0.05, 0) is 61.2 Å². The van der Waals surface area contributed by atoms with E-state index in [1.807, 2.05) is 75.4 Å². The minimum atomic E-state index is -4.31. The number of sulfonamides is 1. The second-order valence-electron chi connectivity index (χ2n) is 11.7. The number of hydrogen-bond acceptors (Lipinski definition) is 6. The highest BCUT2D eigenvalue weighted by Gasteiger charge is 2.36.